The molecule has 6 aromatic rings. The summed E-state index contributed by atoms with van der Waals surface area (Å²) in [5.74, 6) is 2.07. The number of hydrogen-bond donors (Lipinski definition) is 0. The molecule has 1 aliphatic carbocycles. The summed E-state index contributed by atoms with van der Waals surface area (Å²) in [5.41, 5.74) is 5.43. The lowest BCUT2D eigenvalue weighted by Crippen LogP contribution is -2.09. The molecule has 0 N–H and O–H groups in total. The number of rotatable bonds is 4. The normalized spacial score (nSPS) is 13.2. The van der Waals surface area contributed by atoms with Crippen molar-refractivity contribution in [1.82, 2.24) is 19.5 Å². The minimum absolute atomic E-state index is 0.0240. The third-order valence-corrected chi connectivity index (χ3v) is 6.70. The molecule has 0 aliphatic heterocycles. The molecule has 4 nitrogen and oxygen atoms in total. The van der Waals surface area contributed by atoms with Crippen LogP contribution in [0, 0.1) is 0 Å². The molecule has 0 fully saturated rings. The molecule has 0 amide bonds. The summed E-state index contributed by atoms with van der Waals surface area (Å²) < 4.78 is 2.16. The summed E-state index contributed by atoms with van der Waals surface area (Å²) >= 11 is 0. The highest BCUT2D eigenvalue weighted by Crippen LogP contribution is 2.32. The number of hydrogen-bond acceptors (Lipinski definition) is 3. The molecule has 0 saturated carbocycles. The van der Waals surface area contributed by atoms with E-state index in [0.29, 0.717) is 11.8 Å². The first-order chi connectivity index (χ1) is 17.8. The van der Waals surface area contributed by atoms with Gasteiger partial charge in [0.2, 0.25) is 5.95 Å². The maximum Gasteiger partial charge on any atom is 0.238 e. The van der Waals surface area contributed by atoms with E-state index < -0.39 is 0 Å². The largest absolute Gasteiger partial charge is 0.278 e. The molecule has 4 heteroatoms. The van der Waals surface area contributed by atoms with Gasteiger partial charge in [-0.1, -0.05) is 109 Å². The van der Waals surface area contributed by atoms with Crippen molar-refractivity contribution in [3.8, 4) is 28.5 Å². The first-order valence-corrected chi connectivity index (χ1v) is 12.1. The van der Waals surface area contributed by atoms with Crippen LogP contribution in [-0.2, 0) is 0 Å². The molecule has 0 saturated heterocycles. The van der Waals surface area contributed by atoms with Crippen LogP contribution in [0.3, 0.4) is 0 Å². The molecule has 0 atom stereocenters. The second-order valence-electron chi connectivity index (χ2n) is 8.93. The van der Waals surface area contributed by atoms with Crippen molar-refractivity contribution in [3.05, 3.63) is 133 Å². The molecule has 36 heavy (non-hydrogen) atoms. The van der Waals surface area contributed by atoms with Gasteiger partial charge in [-0.05, 0) is 29.3 Å². The topological polar surface area (TPSA) is 43.6 Å². The van der Waals surface area contributed by atoms with Crippen molar-refractivity contribution in [3.63, 3.8) is 0 Å². The Labute approximate surface area is 208 Å². The fraction of sp³-hybridized carbons (Fsp3) is 0.0312. The molecule has 1 aliphatic rings. The number of aromatic nitrogens is 4. The molecule has 170 valence electrons. The maximum absolute atomic E-state index is 5.05. The molecule has 7 rings (SSSR count). The van der Waals surface area contributed by atoms with Crippen molar-refractivity contribution in [2.45, 2.75) is 5.92 Å². The number of fused-ring (bicyclic) bond motifs is 3. The zero-order valence-corrected chi connectivity index (χ0v) is 19.5. The average Bonchev–Trinajstić information content (AvgIpc) is 3.60. The highest BCUT2D eigenvalue weighted by Gasteiger charge is 2.19. The third kappa shape index (κ3) is 3.43. The Bertz CT molecular complexity index is 1730. The predicted molar refractivity (Wildman–Crippen MR) is 146 cm³/mol. The van der Waals surface area contributed by atoms with Gasteiger partial charge in [-0.3, -0.25) is 4.57 Å². The summed E-state index contributed by atoms with van der Waals surface area (Å²) in [4.78, 5) is 15.0. The van der Waals surface area contributed by atoms with Crippen molar-refractivity contribution in [1.29, 1.82) is 0 Å². The van der Waals surface area contributed by atoms with E-state index in [1.54, 1.807) is 0 Å². The summed E-state index contributed by atoms with van der Waals surface area (Å²) in [6.45, 7) is 0. The Morgan fingerprint density at radius 3 is 1.86 bits per heavy atom. The van der Waals surface area contributed by atoms with Crippen LogP contribution < -0.4 is 0 Å². The smallest absolute Gasteiger partial charge is 0.238 e. The van der Waals surface area contributed by atoms with E-state index in [1.165, 1.54) is 10.8 Å². The van der Waals surface area contributed by atoms with Gasteiger partial charge in [0.15, 0.2) is 5.82 Å². The molecule has 2 heterocycles. The van der Waals surface area contributed by atoms with Crippen LogP contribution in [-0.4, -0.2) is 19.5 Å². The van der Waals surface area contributed by atoms with E-state index in [9.17, 15) is 0 Å². The van der Waals surface area contributed by atoms with Gasteiger partial charge >= 0.3 is 0 Å². The number of nitrogens with zero attached hydrogens (tertiary/aromatic N) is 4. The van der Waals surface area contributed by atoms with Gasteiger partial charge < -0.3 is 0 Å². The van der Waals surface area contributed by atoms with Gasteiger partial charge in [-0.15, -0.1) is 0 Å². The lowest BCUT2D eigenvalue weighted by atomic mass is 10.0. The summed E-state index contributed by atoms with van der Waals surface area (Å²) in [6, 6.07) is 35.7. The van der Waals surface area contributed by atoms with E-state index in [1.807, 2.05) is 18.2 Å². The van der Waals surface area contributed by atoms with Crippen molar-refractivity contribution < 1.29 is 0 Å². The second kappa shape index (κ2) is 8.43. The van der Waals surface area contributed by atoms with Gasteiger partial charge in [0.05, 0.1) is 17.0 Å². The monoisotopic (exact) mass is 462 g/mol. The number of allylic oxidation sites excluding steroid dienone is 4. The SMILES string of the molecule is C1=CC(c2nc(-c3cccc(-c4ccccc4)c3)nc(-n3c4ccccc4c4ccccc43)n2)C=C1. The fourth-order valence-corrected chi connectivity index (χ4v) is 4.97. The Hall–Kier alpha value is -4.83. The van der Waals surface area contributed by atoms with Crippen molar-refractivity contribution in [2.75, 3.05) is 0 Å². The molecule has 0 radical (unpaired) electrons. The van der Waals surface area contributed by atoms with Gasteiger partial charge in [-0.25, -0.2) is 4.98 Å². The minimum Gasteiger partial charge on any atom is -0.278 e. The Kier molecular flexibility index (Phi) is 4.81. The van der Waals surface area contributed by atoms with Crippen LogP contribution in [0.15, 0.2) is 127 Å². The Morgan fingerprint density at radius 1 is 0.528 bits per heavy atom. The zero-order chi connectivity index (χ0) is 23.9. The number of benzene rings is 4. The van der Waals surface area contributed by atoms with E-state index in [2.05, 4.69) is 114 Å². The van der Waals surface area contributed by atoms with E-state index in [0.717, 1.165) is 33.5 Å². The standard InChI is InChI=1S/C32H22N4/c1-2-11-22(12-3-1)24-15-10-16-25(21-24)31-33-30(23-13-4-5-14-23)34-32(35-31)36-28-19-8-6-17-26(28)27-18-7-9-20-29(27)36/h1-21,23H. The Morgan fingerprint density at radius 2 is 1.14 bits per heavy atom. The molecular formula is C32H22N4. The highest BCUT2D eigenvalue weighted by atomic mass is 15.2. The molecule has 0 spiro atoms. The van der Waals surface area contributed by atoms with E-state index in [-0.39, 0.29) is 5.92 Å². The lowest BCUT2D eigenvalue weighted by Gasteiger charge is -2.13. The average molecular weight is 463 g/mol. The van der Waals surface area contributed by atoms with Crippen LogP contribution in [0.4, 0.5) is 0 Å². The molecular weight excluding hydrogens is 440 g/mol. The molecule has 2 aromatic heterocycles. The maximum atomic E-state index is 5.05. The number of para-hydroxylation sites is 2. The Balaban J connectivity index is 1.47. The quantitative estimate of drug-likeness (QED) is 0.272. The first kappa shape index (κ1) is 20.5. The van der Waals surface area contributed by atoms with Gasteiger partial charge in [0, 0.05) is 16.3 Å². The van der Waals surface area contributed by atoms with Crippen LogP contribution in [0.2, 0.25) is 0 Å². The summed E-state index contributed by atoms with van der Waals surface area (Å²) in [7, 11) is 0. The van der Waals surface area contributed by atoms with Gasteiger partial charge in [0.25, 0.3) is 0 Å². The lowest BCUT2D eigenvalue weighted by molar-refractivity contribution is 0.846. The van der Waals surface area contributed by atoms with Gasteiger partial charge in [0.1, 0.15) is 5.82 Å². The van der Waals surface area contributed by atoms with Crippen LogP contribution >= 0.6 is 0 Å². The fourth-order valence-electron chi connectivity index (χ4n) is 4.97. The zero-order valence-electron chi connectivity index (χ0n) is 19.5. The highest BCUT2D eigenvalue weighted by molar-refractivity contribution is 6.08. The molecule has 0 bridgehead atoms. The van der Waals surface area contributed by atoms with E-state index in [4.69, 9.17) is 15.0 Å². The molecule has 0 unspecified atom stereocenters. The summed E-state index contributed by atoms with van der Waals surface area (Å²) in [6.07, 6.45) is 8.33. The second-order valence-corrected chi connectivity index (χ2v) is 8.93. The first-order valence-electron chi connectivity index (χ1n) is 12.1. The predicted octanol–water partition coefficient (Wildman–Crippen LogP) is 7.51. The summed E-state index contributed by atoms with van der Waals surface area (Å²) in [5, 5.41) is 2.37. The van der Waals surface area contributed by atoms with Crippen LogP contribution in [0.1, 0.15) is 11.7 Å². The minimum atomic E-state index is 0.0240. The molecule has 4 aromatic carbocycles. The van der Waals surface area contributed by atoms with E-state index >= 15 is 0 Å². The van der Waals surface area contributed by atoms with Crippen molar-refractivity contribution in [2.24, 2.45) is 0 Å². The van der Waals surface area contributed by atoms with Crippen LogP contribution in [0.25, 0.3) is 50.3 Å². The van der Waals surface area contributed by atoms with Crippen molar-refractivity contribution >= 4 is 21.8 Å². The van der Waals surface area contributed by atoms with Gasteiger partial charge in [-0.2, -0.15) is 9.97 Å². The third-order valence-electron chi connectivity index (χ3n) is 6.70. The van der Waals surface area contributed by atoms with Crippen LogP contribution in [0.5, 0.6) is 0 Å².